The minimum Gasteiger partial charge on any atom is -0.352 e. The van der Waals surface area contributed by atoms with Gasteiger partial charge in [-0.15, -0.1) is 0 Å². The first-order chi connectivity index (χ1) is 21.4. The van der Waals surface area contributed by atoms with E-state index in [4.69, 9.17) is 14.5 Å². The first kappa shape index (κ1) is 27.2. The standard InChI is InChI=1S/C34H28N6O4/c1-22-9-11-23(12-10-22)19-29-35-32(38-15-17-39(18-16-38)34(41)27-7-4-8-28(21-27)40(42)43)30-31(37-44-33(30)36-29)26-14-13-24-5-2-3-6-25(24)20-26/h2-14,20-21H,15-19H2,1H3. The predicted octanol–water partition coefficient (Wildman–Crippen LogP) is 6.21. The lowest BCUT2D eigenvalue weighted by Gasteiger charge is -2.35. The third kappa shape index (κ3) is 5.22. The number of carbonyl (C=O) groups is 1. The number of anilines is 1. The number of nitro benzene ring substituents is 1. The summed E-state index contributed by atoms with van der Waals surface area (Å²) in [5, 5.41) is 18.7. The second-order valence-electron chi connectivity index (χ2n) is 11.0. The van der Waals surface area contributed by atoms with Gasteiger partial charge in [-0.3, -0.25) is 14.9 Å². The fourth-order valence-corrected chi connectivity index (χ4v) is 5.67. The minimum atomic E-state index is -0.491. The maximum atomic E-state index is 13.3. The second-order valence-corrected chi connectivity index (χ2v) is 11.0. The summed E-state index contributed by atoms with van der Waals surface area (Å²) in [7, 11) is 0. The molecule has 0 spiro atoms. The van der Waals surface area contributed by atoms with Crippen molar-refractivity contribution >= 4 is 39.3 Å². The van der Waals surface area contributed by atoms with Crippen LogP contribution in [-0.2, 0) is 6.42 Å². The highest BCUT2D eigenvalue weighted by Crippen LogP contribution is 2.36. The van der Waals surface area contributed by atoms with Crippen LogP contribution in [0.3, 0.4) is 0 Å². The molecular weight excluding hydrogens is 556 g/mol. The second kappa shape index (κ2) is 11.2. The molecule has 10 nitrogen and oxygen atoms in total. The van der Waals surface area contributed by atoms with Gasteiger partial charge >= 0.3 is 0 Å². The Morgan fingerprint density at radius 2 is 1.66 bits per heavy atom. The van der Waals surface area contributed by atoms with Crippen molar-refractivity contribution in [2.45, 2.75) is 13.3 Å². The van der Waals surface area contributed by atoms with Gasteiger partial charge < -0.3 is 14.3 Å². The van der Waals surface area contributed by atoms with E-state index in [9.17, 15) is 14.9 Å². The first-order valence-corrected chi connectivity index (χ1v) is 14.4. The highest BCUT2D eigenvalue weighted by atomic mass is 16.6. The molecule has 1 saturated heterocycles. The lowest BCUT2D eigenvalue weighted by molar-refractivity contribution is -0.384. The topological polar surface area (TPSA) is 118 Å². The number of fused-ring (bicyclic) bond motifs is 2. The Hall–Kier alpha value is -5.64. The number of amides is 1. The SMILES string of the molecule is Cc1ccc(Cc2nc(N3CCN(C(=O)c4cccc([N+](=O)[O-])c4)CC3)c3c(-c4ccc5ccccc5c4)noc3n2)cc1. The zero-order chi connectivity index (χ0) is 30.2. The average molecular weight is 585 g/mol. The van der Waals surface area contributed by atoms with Gasteiger partial charge in [0, 0.05) is 55.9 Å². The van der Waals surface area contributed by atoms with Crippen LogP contribution in [0.2, 0.25) is 0 Å². The molecule has 0 saturated carbocycles. The van der Waals surface area contributed by atoms with E-state index in [1.807, 2.05) is 18.2 Å². The van der Waals surface area contributed by atoms with E-state index in [0.717, 1.165) is 27.3 Å². The summed E-state index contributed by atoms with van der Waals surface area (Å²) >= 11 is 0. The zero-order valence-corrected chi connectivity index (χ0v) is 24.0. The molecule has 0 bridgehead atoms. The van der Waals surface area contributed by atoms with Crippen LogP contribution in [0.4, 0.5) is 11.5 Å². The number of aryl methyl sites for hydroxylation is 1. The van der Waals surface area contributed by atoms with E-state index in [0.29, 0.717) is 61.2 Å². The fraction of sp³-hybridized carbons (Fsp3) is 0.176. The number of aromatic nitrogens is 3. The largest absolute Gasteiger partial charge is 0.352 e. The van der Waals surface area contributed by atoms with Crippen molar-refractivity contribution in [1.29, 1.82) is 0 Å². The average Bonchev–Trinajstić information content (AvgIpc) is 3.49. The van der Waals surface area contributed by atoms with Crippen LogP contribution in [0.5, 0.6) is 0 Å². The van der Waals surface area contributed by atoms with Crippen LogP contribution in [0, 0.1) is 17.0 Å². The van der Waals surface area contributed by atoms with Gasteiger partial charge in [-0.05, 0) is 35.4 Å². The molecule has 2 aromatic heterocycles. The Kier molecular flexibility index (Phi) is 6.94. The van der Waals surface area contributed by atoms with Crippen molar-refractivity contribution in [2.75, 3.05) is 31.1 Å². The summed E-state index contributed by atoms with van der Waals surface area (Å²) in [6.45, 7) is 3.93. The number of nitro groups is 1. The third-order valence-electron chi connectivity index (χ3n) is 8.04. The molecule has 3 heterocycles. The molecule has 0 unspecified atom stereocenters. The van der Waals surface area contributed by atoms with Gasteiger partial charge in [0.15, 0.2) is 0 Å². The molecule has 1 aliphatic heterocycles. The van der Waals surface area contributed by atoms with E-state index < -0.39 is 4.92 Å². The van der Waals surface area contributed by atoms with Crippen LogP contribution in [0.1, 0.15) is 27.3 Å². The number of piperazine rings is 1. The minimum absolute atomic E-state index is 0.104. The van der Waals surface area contributed by atoms with E-state index in [-0.39, 0.29) is 11.6 Å². The van der Waals surface area contributed by atoms with Gasteiger partial charge in [0.05, 0.1) is 4.92 Å². The Balaban J connectivity index is 1.23. The lowest BCUT2D eigenvalue weighted by atomic mass is 10.0. The summed E-state index contributed by atoms with van der Waals surface area (Å²) < 4.78 is 5.84. The fourth-order valence-electron chi connectivity index (χ4n) is 5.67. The summed E-state index contributed by atoms with van der Waals surface area (Å²) in [6.07, 6.45) is 0.528. The number of nitrogens with zero attached hydrogens (tertiary/aromatic N) is 6. The molecule has 0 radical (unpaired) electrons. The highest BCUT2D eigenvalue weighted by molar-refractivity contribution is 6.00. The van der Waals surface area contributed by atoms with Crippen LogP contribution in [-0.4, -0.2) is 57.0 Å². The molecule has 218 valence electrons. The zero-order valence-electron chi connectivity index (χ0n) is 24.0. The van der Waals surface area contributed by atoms with Crippen LogP contribution >= 0.6 is 0 Å². The summed E-state index contributed by atoms with van der Waals surface area (Å²) in [5.41, 5.74) is 4.44. The lowest BCUT2D eigenvalue weighted by Crippen LogP contribution is -2.49. The number of hydrogen-bond donors (Lipinski definition) is 0. The third-order valence-corrected chi connectivity index (χ3v) is 8.04. The molecule has 44 heavy (non-hydrogen) atoms. The summed E-state index contributed by atoms with van der Waals surface area (Å²) in [6, 6.07) is 28.5. The van der Waals surface area contributed by atoms with Crippen molar-refractivity contribution in [3.8, 4) is 11.3 Å². The van der Waals surface area contributed by atoms with Gasteiger partial charge in [-0.2, -0.15) is 4.98 Å². The number of carbonyl (C=O) groups excluding carboxylic acids is 1. The van der Waals surface area contributed by atoms with Crippen molar-refractivity contribution in [2.24, 2.45) is 0 Å². The molecule has 10 heteroatoms. The van der Waals surface area contributed by atoms with E-state index in [1.54, 1.807) is 11.0 Å². The van der Waals surface area contributed by atoms with Crippen molar-refractivity contribution in [3.05, 3.63) is 124 Å². The maximum Gasteiger partial charge on any atom is 0.270 e. The number of hydrogen-bond acceptors (Lipinski definition) is 8. The molecule has 0 aliphatic carbocycles. The Morgan fingerprint density at radius 3 is 2.43 bits per heavy atom. The predicted molar refractivity (Wildman–Crippen MR) is 168 cm³/mol. The van der Waals surface area contributed by atoms with Gasteiger partial charge in [-0.1, -0.05) is 77.5 Å². The van der Waals surface area contributed by atoms with Crippen molar-refractivity contribution < 1.29 is 14.2 Å². The Bertz CT molecular complexity index is 2030. The smallest absolute Gasteiger partial charge is 0.270 e. The summed E-state index contributed by atoms with van der Waals surface area (Å²) in [5.74, 6) is 1.10. The molecule has 1 amide bonds. The van der Waals surface area contributed by atoms with E-state index in [1.165, 1.54) is 23.8 Å². The highest BCUT2D eigenvalue weighted by Gasteiger charge is 2.28. The maximum absolute atomic E-state index is 13.3. The molecule has 0 atom stereocenters. The van der Waals surface area contributed by atoms with Crippen LogP contribution in [0.25, 0.3) is 33.1 Å². The van der Waals surface area contributed by atoms with Crippen LogP contribution < -0.4 is 4.90 Å². The van der Waals surface area contributed by atoms with Gasteiger partial charge in [0.2, 0.25) is 0 Å². The van der Waals surface area contributed by atoms with Crippen LogP contribution in [0.15, 0.2) is 95.5 Å². The van der Waals surface area contributed by atoms with Crippen molar-refractivity contribution in [1.82, 2.24) is 20.0 Å². The number of benzene rings is 4. The number of non-ortho nitro benzene ring substituents is 1. The van der Waals surface area contributed by atoms with E-state index in [2.05, 4.69) is 65.5 Å². The normalized spacial score (nSPS) is 13.5. The number of rotatable bonds is 6. The van der Waals surface area contributed by atoms with Gasteiger partial charge in [0.25, 0.3) is 17.3 Å². The Morgan fingerprint density at radius 1 is 0.886 bits per heavy atom. The molecule has 1 aliphatic rings. The monoisotopic (exact) mass is 584 g/mol. The van der Waals surface area contributed by atoms with Gasteiger partial charge in [0.1, 0.15) is 22.7 Å². The molecule has 0 N–H and O–H groups in total. The first-order valence-electron chi connectivity index (χ1n) is 14.4. The molecule has 4 aromatic carbocycles. The molecule has 1 fully saturated rings. The molecule has 7 rings (SSSR count). The van der Waals surface area contributed by atoms with Gasteiger partial charge in [-0.25, -0.2) is 4.98 Å². The molecule has 6 aromatic rings. The molecular formula is C34H28N6O4. The van der Waals surface area contributed by atoms with E-state index >= 15 is 0 Å². The van der Waals surface area contributed by atoms with Crippen molar-refractivity contribution in [3.63, 3.8) is 0 Å². The summed E-state index contributed by atoms with van der Waals surface area (Å²) in [4.78, 5) is 37.7. The Labute approximate surface area is 252 Å². The quantitative estimate of drug-likeness (QED) is 0.168.